The van der Waals surface area contributed by atoms with Crippen LogP contribution in [0.15, 0.2) is 54.6 Å². The standard InChI is InChI=1S/C20H26FN3/c21-18-7-10-19(11-8-18)23-12-14-24(15-13-23)20(16-22)9-6-17-4-2-1-3-5-17/h1-5,7-8,10-11,20H,6,9,12-16,22H2. The molecule has 0 saturated carbocycles. The summed E-state index contributed by atoms with van der Waals surface area (Å²) in [6, 6.07) is 17.8. The fraction of sp³-hybridized carbons (Fsp3) is 0.400. The minimum atomic E-state index is -0.179. The van der Waals surface area contributed by atoms with E-state index in [1.165, 1.54) is 17.7 Å². The zero-order chi connectivity index (χ0) is 16.8. The van der Waals surface area contributed by atoms with Crippen LogP contribution in [0.4, 0.5) is 10.1 Å². The van der Waals surface area contributed by atoms with Crippen LogP contribution in [0.2, 0.25) is 0 Å². The number of halogens is 1. The third kappa shape index (κ3) is 4.34. The molecule has 1 fully saturated rings. The van der Waals surface area contributed by atoms with Crippen LogP contribution in [-0.4, -0.2) is 43.7 Å². The Morgan fingerprint density at radius 1 is 0.917 bits per heavy atom. The second-order valence-electron chi connectivity index (χ2n) is 6.41. The quantitative estimate of drug-likeness (QED) is 0.885. The van der Waals surface area contributed by atoms with Gasteiger partial charge in [0.15, 0.2) is 0 Å². The molecule has 4 heteroatoms. The van der Waals surface area contributed by atoms with Crippen LogP contribution in [0.5, 0.6) is 0 Å². The lowest BCUT2D eigenvalue weighted by molar-refractivity contribution is 0.180. The van der Waals surface area contributed by atoms with Crippen molar-refractivity contribution in [2.45, 2.75) is 18.9 Å². The van der Waals surface area contributed by atoms with Gasteiger partial charge in [-0.05, 0) is 42.7 Å². The smallest absolute Gasteiger partial charge is 0.123 e. The lowest BCUT2D eigenvalue weighted by atomic mass is 10.0. The van der Waals surface area contributed by atoms with E-state index in [9.17, 15) is 4.39 Å². The van der Waals surface area contributed by atoms with Crippen LogP contribution in [-0.2, 0) is 6.42 Å². The van der Waals surface area contributed by atoms with E-state index in [1.54, 1.807) is 0 Å². The largest absolute Gasteiger partial charge is 0.369 e. The molecule has 2 N–H and O–H groups in total. The van der Waals surface area contributed by atoms with Crippen LogP contribution in [0, 0.1) is 5.82 Å². The first kappa shape index (κ1) is 16.9. The van der Waals surface area contributed by atoms with Crippen molar-refractivity contribution in [3.05, 3.63) is 66.0 Å². The number of hydrogen-bond donors (Lipinski definition) is 1. The summed E-state index contributed by atoms with van der Waals surface area (Å²) in [6.07, 6.45) is 2.16. The molecule has 24 heavy (non-hydrogen) atoms. The van der Waals surface area contributed by atoms with Crippen molar-refractivity contribution in [3.8, 4) is 0 Å². The van der Waals surface area contributed by atoms with Gasteiger partial charge in [-0.15, -0.1) is 0 Å². The van der Waals surface area contributed by atoms with Gasteiger partial charge >= 0.3 is 0 Å². The van der Waals surface area contributed by atoms with Gasteiger partial charge in [0.05, 0.1) is 0 Å². The molecule has 1 heterocycles. The molecule has 0 amide bonds. The van der Waals surface area contributed by atoms with Crippen molar-refractivity contribution in [2.24, 2.45) is 5.73 Å². The highest BCUT2D eigenvalue weighted by Crippen LogP contribution is 2.19. The van der Waals surface area contributed by atoms with Crippen molar-refractivity contribution >= 4 is 5.69 Å². The molecule has 0 aromatic heterocycles. The maximum absolute atomic E-state index is 13.1. The molecular weight excluding hydrogens is 301 g/mol. The highest BCUT2D eigenvalue weighted by atomic mass is 19.1. The molecule has 2 aromatic carbocycles. The van der Waals surface area contributed by atoms with Crippen LogP contribution in [0.3, 0.4) is 0 Å². The number of rotatable bonds is 6. The molecule has 1 atom stereocenters. The summed E-state index contributed by atoms with van der Waals surface area (Å²) in [4.78, 5) is 4.82. The molecule has 1 saturated heterocycles. The van der Waals surface area contributed by atoms with Gasteiger partial charge in [0, 0.05) is 44.5 Å². The van der Waals surface area contributed by atoms with Crippen LogP contribution in [0.25, 0.3) is 0 Å². The Hall–Kier alpha value is -1.91. The molecule has 128 valence electrons. The van der Waals surface area contributed by atoms with Gasteiger partial charge in [-0.2, -0.15) is 0 Å². The highest BCUT2D eigenvalue weighted by Gasteiger charge is 2.23. The highest BCUT2D eigenvalue weighted by molar-refractivity contribution is 5.46. The van der Waals surface area contributed by atoms with E-state index in [1.807, 2.05) is 12.1 Å². The molecular formula is C20H26FN3. The second-order valence-corrected chi connectivity index (χ2v) is 6.41. The van der Waals surface area contributed by atoms with E-state index >= 15 is 0 Å². The van der Waals surface area contributed by atoms with E-state index in [0.29, 0.717) is 12.6 Å². The van der Waals surface area contributed by atoms with E-state index in [-0.39, 0.29) is 5.82 Å². The fourth-order valence-electron chi connectivity index (χ4n) is 3.42. The number of aryl methyl sites for hydroxylation is 1. The van der Waals surface area contributed by atoms with Crippen molar-refractivity contribution < 1.29 is 4.39 Å². The Balaban J connectivity index is 1.51. The minimum Gasteiger partial charge on any atom is -0.369 e. The summed E-state index contributed by atoms with van der Waals surface area (Å²) in [7, 11) is 0. The zero-order valence-electron chi connectivity index (χ0n) is 14.1. The maximum Gasteiger partial charge on any atom is 0.123 e. The van der Waals surface area contributed by atoms with E-state index < -0.39 is 0 Å². The predicted octanol–water partition coefficient (Wildman–Crippen LogP) is 2.91. The van der Waals surface area contributed by atoms with E-state index in [0.717, 1.165) is 44.7 Å². The normalized spacial score (nSPS) is 17.0. The molecule has 2 aromatic rings. The van der Waals surface area contributed by atoms with Crippen molar-refractivity contribution in [3.63, 3.8) is 0 Å². The number of nitrogens with two attached hydrogens (primary N) is 1. The lowest BCUT2D eigenvalue weighted by Crippen LogP contribution is -2.52. The van der Waals surface area contributed by atoms with E-state index in [2.05, 4.69) is 40.1 Å². The van der Waals surface area contributed by atoms with Gasteiger partial charge in [0.25, 0.3) is 0 Å². The predicted molar refractivity (Wildman–Crippen MR) is 97.8 cm³/mol. The van der Waals surface area contributed by atoms with Gasteiger partial charge in [0.1, 0.15) is 5.82 Å². The van der Waals surface area contributed by atoms with Crippen molar-refractivity contribution in [1.29, 1.82) is 0 Å². The maximum atomic E-state index is 13.1. The van der Waals surface area contributed by atoms with Crippen molar-refractivity contribution in [1.82, 2.24) is 4.90 Å². The second kappa shape index (κ2) is 8.27. The monoisotopic (exact) mass is 327 g/mol. The third-order valence-corrected chi connectivity index (χ3v) is 4.90. The number of nitrogens with zero attached hydrogens (tertiary/aromatic N) is 2. The SMILES string of the molecule is NCC(CCc1ccccc1)N1CCN(c2ccc(F)cc2)CC1. The molecule has 3 nitrogen and oxygen atoms in total. The Morgan fingerprint density at radius 3 is 2.21 bits per heavy atom. The average Bonchev–Trinajstić information content (AvgIpc) is 2.64. The summed E-state index contributed by atoms with van der Waals surface area (Å²) in [5, 5.41) is 0. The Kier molecular flexibility index (Phi) is 5.83. The third-order valence-electron chi connectivity index (χ3n) is 4.90. The van der Waals surface area contributed by atoms with Crippen LogP contribution in [0.1, 0.15) is 12.0 Å². The van der Waals surface area contributed by atoms with E-state index in [4.69, 9.17) is 5.73 Å². The zero-order valence-corrected chi connectivity index (χ0v) is 14.1. The van der Waals surface area contributed by atoms with Crippen molar-refractivity contribution in [2.75, 3.05) is 37.6 Å². The minimum absolute atomic E-state index is 0.179. The summed E-state index contributed by atoms with van der Waals surface area (Å²) in [6.45, 7) is 4.65. The van der Waals surface area contributed by atoms with Gasteiger partial charge < -0.3 is 10.6 Å². The summed E-state index contributed by atoms with van der Waals surface area (Å²) in [5.74, 6) is -0.179. The number of piperazine rings is 1. The molecule has 0 radical (unpaired) electrons. The Morgan fingerprint density at radius 2 is 1.58 bits per heavy atom. The number of benzene rings is 2. The Bertz CT molecular complexity index is 607. The summed E-state index contributed by atoms with van der Waals surface area (Å²) in [5.41, 5.74) is 8.51. The molecule has 0 bridgehead atoms. The van der Waals surface area contributed by atoms with Gasteiger partial charge in [-0.1, -0.05) is 30.3 Å². The Labute approximate surface area is 143 Å². The number of anilines is 1. The van der Waals surface area contributed by atoms with Gasteiger partial charge in [-0.25, -0.2) is 4.39 Å². The van der Waals surface area contributed by atoms with Crippen LogP contribution < -0.4 is 10.6 Å². The molecule has 1 unspecified atom stereocenters. The molecule has 0 aliphatic carbocycles. The fourth-order valence-corrected chi connectivity index (χ4v) is 3.42. The van der Waals surface area contributed by atoms with Crippen LogP contribution >= 0.6 is 0 Å². The molecule has 1 aliphatic heterocycles. The first-order valence-electron chi connectivity index (χ1n) is 8.75. The van der Waals surface area contributed by atoms with Gasteiger partial charge in [-0.3, -0.25) is 4.90 Å². The number of hydrogen-bond acceptors (Lipinski definition) is 3. The first-order valence-corrected chi connectivity index (χ1v) is 8.75. The lowest BCUT2D eigenvalue weighted by Gasteiger charge is -2.40. The first-order chi connectivity index (χ1) is 11.8. The average molecular weight is 327 g/mol. The summed E-state index contributed by atoms with van der Waals surface area (Å²) < 4.78 is 13.1. The van der Waals surface area contributed by atoms with Gasteiger partial charge in [0.2, 0.25) is 0 Å². The molecule has 0 spiro atoms. The summed E-state index contributed by atoms with van der Waals surface area (Å²) >= 11 is 0. The topological polar surface area (TPSA) is 32.5 Å². The molecule has 1 aliphatic rings. The molecule has 3 rings (SSSR count).